The number of rotatable bonds is 2. The number of carbonyl (C=O) groups excluding carboxylic acids is 1. The summed E-state index contributed by atoms with van der Waals surface area (Å²) in [5.41, 5.74) is 1.04. The molecule has 7 nitrogen and oxygen atoms in total. The quantitative estimate of drug-likeness (QED) is 0.537. The molecule has 0 bridgehead atoms. The summed E-state index contributed by atoms with van der Waals surface area (Å²) in [6, 6.07) is 6.29. The lowest BCUT2D eigenvalue weighted by Gasteiger charge is -2.09. The maximum absolute atomic E-state index is 12.5. The summed E-state index contributed by atoms with van der Waals surface area (Å²) < 4.78 is 1.19. The second-order valence-corrected chi connectivity index (χ2v) is 6.63. The van der Waals surface area contributed by atoms with Gasteiger partial charge < -0.3 is 4.90 Å². The fourth-order valence-corrected chi connectivity index (χ4v) is 2.55. The zero-order chi connectivity index (χ0) is 19.0. The van der Waals surface area contributed by atoms with Crippen molar-refractivity contribution >= 4 is 40.6 Å². The number of nitrogens with one attached hydrogen (secondary N) is 1. The molecule has 2 heterocycles. The summed E-state index contributed by atoms with van der Waals surface area (Å²) in [5.74, 6) is 0.0467. The summed E-state index contributed by atoms with van der Waals surface area (Å²) in [6.07, 6.45) is 1.41. The molecule has 0 radical (unpaired) electrons. The van der Waals surface area contributed by atoms with E-state index in [0.717, 1.165) is 0 Å². The van der Waals surface area contributed by atoms with Gasteiger partial charge in [0, 0.05) is 31.9 Å². The highest BCUT2D eigenvalue weighted by Crippen LogP contribution is 2.27. The van der Waals surface area contributed by atoms with E-state index in [0.29, 0.717) is 27.1 Å². The Morgan fingerprint density at radius 2 is 1.96 bits per heavy atom. The molecule has 3 rings (SSSR count). The Hall–Kier alpha value is -2.64. The minimum atomic E-state index is -0.492. The first kappa shape index (κ1) is 18.2. The van der Waals surface area contributed by atoms with Crippen LogP contribution in [0.3, 0.4) is 0 Å². The molecule has 0 fully saturated rings. The number of halogens is 2. The molecule has 3 aromatic rings. The van der Waals surface area contributed by atoms with Gasteiger partial charge in [-0.2, -0.15) is 4.99 Å². The maximum atomic E-state index is 12.5. The second-order valence-electron chi connectivity index (χ2n) is 5.81. The van der Waals surface area contributed by atoms with E-state index in [1.165, 1.54) is 16.8 Å². The van der Waals surface area contributed by atoms with Crippen molar-refractivity contribution in [1.29, 1.82) is 0 Å². The van der Waals surface area contributed by atoms with Crippen LogP contribution >= 0.6 is 23.2 Å². The van der Waals surface area contributed by atoms with E-state index in [9.17, 15) is 9.59 Å². The zero-order valence-electron chi connectivity index (χ0n) is 14.2. The van der Waals surface area contributed by atoms with E-state index in [2.05, 4.69) is 15.1 Å². The van der Waals surface area contributed by atoms with Crippen LogP contribution in [0.2, 0.25) is 10.0 Å². The molecule has 0 aliphatic carbocycles. The van der Waals surface area contributed by atoms with Crippen molar-refractivity contribution in [2.45, 2.75) is 6.92 Å². The molecule has 0 saturated heterocycles. The fourth-order valence-electron chi connectivity index (χ4n) is 2.25. The maximum Gasteiger partial charge on any atom is 0.284 e. The smallest absolute Gasteiger partial charge is 0.284 e. The monoisotopic (exact) mass is 391 g/mol. The van der Waals surface area contributed by atoms with Crippen molar-refractivity contribution in [3.63, 3.8) is 0 Å². The lowest BCUT2D eigenvalue weighted by Crippen LogP contribution is -2.20. The zero-order valence-corrected chi connectivity index (χ0v) is 15.8. The normalized spacial score (nSPS) is 11.8. The Morgan fingerprint density at radius 3 is 2.62 bits per heavy atom. The summed E-state index contributed by atoms with van der Waals surface area (Å²) in [4.78, 5) is 35.0. The highest BCUT2D eigenvalue weighted by molar-refractivity contribution is 6.42. The van der Waals surface area contributed by atoms with Crippen LogP contribution in [-0.2, 0) is 0 Å². The summed E-state index contributed by atoms with van der Waals surface area (Å²) in [7, 11) is 3.57. The molecular formula is C17H15Cl2N5O2. The van der Waals surface area contributed by atoms with E-state index in [1.807, 2.05) is 0 Å². The highest BCUT2D eigenvalue weighted by Gasteiger charge is 2.16. The van der Waals surface area contributed by atoms with E-state index in [-0.39, 0.29) is 16.8 Å². The number of H-pyrrole nitrogens is 1. The van der Waals surface area contributed by atoms with Gasteiger partial charge in [0.15, 0.2) is 5.65 Å². The molecule has 0 aliphatic heterocycles. The van der Waals surface area contributed by atoms with Crippen molar-refractivity contribution in [2.24, 2.45) is 4.99 Å². The summed E-state index contributed by atoms with van der Waals surface area (Å²) in [6.45, 7) is 1.72. The van der Waals surface area contributed by atoms with Gasteiger partial charge in [-0.15, -0.1) is 0 Å². The minimum absolute atomic E-state index is 0.193. The highest BCUT2D eigenvalue weighted by atomic mass is 35.5. The molecule has 26 heavy (non-hydrogen) atoms. The van der Waals surface area contributed by atoms with Crippen LogP contribution in [0.15, 0.2) is 40.2 Å². The second kappa shape index (κ2) is 6.93. The van der Waals surface area contributed by atoms with Crippen LogP contribution in [0.4, 0.5) is 0 Å². The Morgan fingerprint density at radius 1 is 1.23 bits per heavy atom. The Bertz CT molecular complexity index is 1100. The molecule has 2 aromatic heterocycles. The first-order valence-corrected chi connectivity index (χ1v) is 8.37. The molecular weight excluding hydrogens is 377 g/mol. The molecule has 9 heteroatoms. The van der Waals surface area contributed by atoms with Crippen molar-refractivity contribution in [1.82, 2.24) is 19.5 Å². The van der Waals surface area contributed by atoms with Crippen LogP contribution in [-0.4, -0.2) is 45.3 Å². The van der Waals surface area contributed by atoms with Crippen LogP contribution in [0.25, 0.3) is 16.9 Å². The average Bonchev–Trinajstić information content (AvgIpc) is 3.01. The van der Waals surface area contributed by atoms with Crippen LogP contribution < -0.4 is 5.56 Å². The number of amides is 1. The van der Waals surface area contributed by atoms with Crippen molar-refractivity contribution in [2.75, 3.05) is 14.1 Å². The van der Waals surface area contributed by atoms with Gasteiger partial charge in [-0.05, 0) is 19.1 Å². The van der Waals surface area contributed by atoms with E-state index in [1.54, 1.807) is 44.1 Å². The largest absolute Gasteiger partial charge is 0.366 e. The first-order chi connectivity index (χ1) is 12.3. The summed E-state index contributed by atoms with van der Waals surface area (Å²) in [5, 5.41) is 3.48. The third kappa shape index (κ3) is 3.36. The van der Waals surface area contributed by atoms with E-state index >= 15 is 0 Å². The molecule has 0 saturated carbocycles. The summed E-state index contributed by atoms with van der Waals surface area (Å²) >= 11 is 12.0. The molecule has 0 aliphatic rings. The van der Waals surface area contributed by atoms with Crippen molar-refractivity contribution in [3.05, 3.63) is 56.4 Å². The lowest BCUT2D eigenvalue weighted by atomic mass is 10.1. The molecule has 0 unspecified atom stereocenters. The van der Waals surface area contributed by atoms with Gasteiger partial charge >= 0.3 is 0 Å². The molecule has 134 valence electrons. The molecule has 1 aromatic carbocycles. The molecule has 0 spiro atoms. The van der Waals surface area contributed by atoms with Gasteiger partial charge in [-0.1, -0.05) is 29.3 Å². The van der Waals surface area contributed by atoms with Gasteiger partial charge in [0.05, 0.1) is 15.7 Å². The van der Waals surface area contributed by atoms with Crippen LogP contribution in [0.1, 0.15) is 17.3 Å². The van der Waals surface area contributed by atoms with Gasteiger partial charge in [0.25, 0.3) is 11.5 Å². The van der Waals surface area contributed by atoms with Gasteiger partial charge in [0.1, 0.15) is 11.4 Å². The standard InChI is InChI=1S/C17H15Cl2N5O2/c1-9(23(2)3)21-17(26)11-8-20-24-15(25)7-14(22-16(11)24)10-4-5-12(18)13(19)6-10/h4-8,20H,1-3H3. The molecule has 1 amide bonds. The molecule has 0 atom stereocenters. The molecule has 1 N–H and O–H groups in total. The number of amidine groups is 1. The average molecular weight is 392 g/mol. The number of aromatic amines is 1. The topological polar surface area (TPSA) is 82.8 Å². The lowest BCUT2D eigenvalue weighted by molar-refractivity contribution is 0.100. The number of fused-ring (bicyclic) bond motifs is 1. The van der Waals surface area contributed by atoms with Crippen molar-refractivity contribution < 1.29 is 4.79 Å². The first-order valence-electron chi connectivity index (χ1n) is 7.61. The fraction of sp³-hybridized carbons (Fsp3) is 0.176. The predicted octanol–water partition coefficient (Wildman–Crippen LogP) is 3.12. The third-order valence-electron chi connectivity index (χ3n) is 3.85. The number of carbonyl (C=O) groups is 1. The number of aromatic nitrogens is 3. The van der Waals surface area contributed by atoms with E-state index in [4.69, 9.17) is 23.2 Å². The Balaban J connectivity index is 2.15. The number of aliphatic imine (C=N–C) groups is 1. The predicted molar refractivity (Wildman–Crippen MR) is 102 cm³/mol. The minimum Gasteiger partial charge on any atom is -0.366 e. The third-order valence-corrected chi connectivity index (χ3v) is 4.59. The number of benzene rings is 1. The van der Waals surface area contributed by atoms with E-state index < -0.39 is 5.91 Å². The van der Waals surface area contributed by atoms with Crippen LogP contribution in [0.5, 0.6) is 0 Å². The van der Waals surface area contributed by atoms with Gasteiger partial charge in [-0.25, -0.2) is 9.50 Å². The van der Waals surface area contributed by atoms with Gasteiger partial charge in [0.2, 0.25) is 0 Å². The number of hydrogen-bond donors (Lipinski definition) is 1. The SMILES string of the molecule is CC(=NC(=O)c1c[nH]n2c(=O)cc(-c3ccc(Cl)c(Cl)c3)nc12)N(C)C. The number of hydrogen-bond acceptors (Lipinski definition) is 3. The number of nitrogens with zero attached hydrogens (tertiary/aromatic N) is 4. The van der Waals surface area contributed by atoms with Gasteiger partial charge in [-0.3, -0.25) is 14.7 Å². The Labute approximate surface area is 158 Å². The van der Waals surface area contributed by atoms with Crippen molar-refractivity contribution in [3.8, 4) is 11.3 Å². The van der Waals surface area contributed by atoms with Crippen LogP contribution in [0, 0.1) is 0 Å². The Kier molecular flexibility index (Phi) is 4.84.